The summed E-state index contributed by atoms with van der Waals surface area (Å²) in [4.78, 5) is 11.2. The highest BCUT2D eigenvalue weighted by Crippen LogP contribution is 2.16. The van der Waals surface area contributed by atoms with E-state index in [4.69, 9.17) is 4.74 Å². The number of thiazole rings is 1. The average Bonchev–Trinajstić information content (AvgIpc) is 3.09. The van der Waals surface area contributed by atoms with E-state index in [1.807, 2.05) is 7.05 Å². The van der Waals surface area contributed by atoms with Crippen LogP contribution in [-0.2, 0) is 17.7 Å². The van der Waals surface area contributed by atoms with Gasteiger partial charge in [-0.3, -0.25) is 4.99 Å². The minimum absolute atomic E-state index is 0.615. The summed E-state index contributed by atoms with van der Waals surface area (Å²) in [6, 6.07) is 0. The Morgan fingerprint density at radius 1 is 1.65 bits per heavy atom. The van der Waals surface area contributed by atoms with Crippen molar-refractivity contribution in [2.24, 2.45) is 10.9 Å². The fourth-order valence-corrected chi connectivity index (χ4v) is 3.24. The van der Waals surface area contributed by atoms with Gasteiger partial charge in [0.1, 0.15) is 0 Å². The molecule has 0 radical (unpaired) electrons. The third kappa shape index (κ3) is 3.93. The van der Waals surface area contributed by atoms with Crippen LogP contribution in [0.2, 0.25) is 0 Å². The Morgan fingerprint density at radius 2 is 2.50 bits per heavy atom. The van der Waals surface area contributed by atoms with Crippen molar-refractivity contribution in [1.82, 2.24) is 15.2 Å². The molecular formula is C14H24N4OS. The lowest BCUT2D eigenvalue weighted by Gasteiger charge is -2.21. The molecule has 1 saturated heterocycles. The van der Waals surface area contributed by atoms with Crippen molar-refractivity contribution in [2.75, 3.05) is 33.9 Å². The number of nitrogens with zero attached hydrogens (tertiary/aromatic N) is 3. The summed E-state index contributed by atoms with van der Waals surface area (Å²) >= 11 is 1.73. The number of methoxy groups -OCH3 is 1. The van der Waals surface area contributed by atoms with Crippen molar-refractivity contribution in [1.29, 1.82) is 0 Å². The lowest BCUT2D eigenvalue weighted by Crippen LogP contribution is -2.39. The van der Waals surface area contributed by atoms with Crippen LogP contribution >= 0.6 is 11.3 Å². The third-order valence-corrected chi connectivity index (χ3v) is 4.57. The van der Waals surface area contributed by atoms with E-state index in [9.17, 15) is 0 Å². The number of aromatic nitrogens is 1. The second kappa shape index (κ2) is 7.59. The molecular weight excluding hydrogens is 272 g/mol. The average molecular weight is 296 g/mol. The predicted molar refractivity (Wildman–Crippen MR) is 83.2 cm³/mol. The summed E-state index contributed by atoms with van der Waals surface area (Å²) in [5.41, 5.74) is 1.10. The monoisotopic (exact) mass is 296 g/mol. The number of nitrogens with one attached hydrogen (secondary N) is 1. The van der Waals surface area contributed by atoms with E-state index in [-0.39, 0.29) is 0 Å². The van der Waals surface area contributed by atoms with E-state index in [0.29, 0.717) is 5.92 Å². The smallest absolute Gasteiger partial charge is 0.193 e. The SMILES string of the molecule is CCc1nc(CNC(=NC)N2CCC(COC)C2)cs1. The Morgan fingerprint density at radius 3 is 3.15 bits per heavy atom. The van der Waals surface area contributed by atoms with Gasteiger partial charge in [0.15, 0.2) is 5.96 Å². The lowest BCUT2D eigenvalue weighted by atomic mass is 10.1. The van der Waals surface area contributed by atoms with Crippen LogP contribution in [0, 0.1) is 5.92 Å². The highest BCUT2D eigenvalue weighted by atomic mass is 32.1. The summed E-state index contributed by atoms with van der Waals surface area (Å²) in [6.07, 6.45) is 2.18. The third-order valence-electron chi connectivity index (χ3n) is 3.53. The zero-order chi connectivity index (χ0) is 14.4. The Labute approximate surface area is 125 Å². The van der Waals surface area contributed by atoms with Crippen molar-refractivity contribution in [2.45, 2.75) is 26.3 Å². The summed E-state index contributed by atoms with van der Waals surface area (Å²) < 4.78 is 5.24. The van der Waals surface area contributed by atoms with Crippen LogP contribution < -0.4 is 5.32 Å². The maximum absolute atomic E-state index is 5.24. The van der Waals surface area contributed by atoms with Crippen LogP contribution in [0.5, 0.6) is 0 Å². The highest BCUT2D eigenvalue weighted by Gasteiger charge is 2.24. The zero-order valence-corrected chi connectivity index (χ0v) is 13.4. The number of guanidine groups is 1. The summed E-state index contributed by atoms with van der Waals surface area (Å²) in [5.74, 6) is 1.58. The maximum Gasteiger partial charge on any atom is 0.193 e. The molecule has 2 rings (SSSR count). The van der Waals surface area contributed by atoms with Crippen molar-refractivity contribution in [3.8, 4) is 0 Å². The molecule has 1 aliphatic rings. The molecule has 1 unspecified atom stereocenters. The molecule has 1 aliphatic heterocycles. The second-order valence-corrected chi connectivity index (χ2v) is 5.99. The summed E-state index contributed by atoms with van der Waals surface area (Å²) in [7, 11) is 3.60. The topological polar surface area (TPSA) is 49.8 Å². The van der Waals surface area contributed by atoms with Gasteiger partial charge in [-0.25, -0.2) is 4.98 Å². The van der Waals surface area contributed by atoms with Gasteiger partial charge in [-0.2, -0.15) is 0 Å². The number of aliphatic imine (C=N–C) groups is 1. The van der Waals surface area contributed by atoms with Crippen LogP contribution in [0.4, 0.5) is 0 Å². The molecule has 0 aliphatic carbocycles. The fraction of sp³-hybridized carbons (Fsp3) is 0.714. The maximum atomic E-state index is 5.24. The van der Waals surface area contributed by atoms with Gasteiger partial charge in [0, 0.05) is 38.5 Å². The minimum Gasteiger partial charge on any atom is -0.384 e. The molecule has 1 aromatic rings. The number of hydrogen-bond acceptors (Lipinski definition) is 4. The van der Waals surface area contributed by atoms with E-state index in [1.165, 1.54) is 11.4 Å². The summed E-state index contributed by atoms with van der Waals surface area (Å²) in [6.45, 7) is 5.78. The standard InChI is InChI=1S/C14H24N4OS/c1-4-13-17-12(10-20-13)7-16-14(15-2)18-6-5-11(8-18)9-19-3/h10-11H,4-9H2,1-3H3,(H,15,16). The number of rotatable bonds is 5. The minimum atomic E-state index is 0.615. The molecule has 5 nitrogen and oxygen atoms in total. The van der Waals surface area contributed by atoms with E-state index < -0.39 is 0 Å². The molecule has 1 fully saturated rings. The predicted octanol–water partition coefficient (Wildman–Crippen LogP) is 1.75. The van der Waals surface area contributed by atoms with Crippen LogP contribution in [0.15, 0.2) is 10.4 Å². The molecule has 112 valence electrons. The molecule has 0 spiro atoms. The van der Waals surface area contributed by atoms with Crippen molar-refractivity contribution in [3.05, 3.63) is 16.1 Å². The first-order chi connectivity index (χ1) is 9.76. The Kier molecular flexibility index (Phi) is 5.79. The molecule has 1 N–H and O–H groups in total. The van der Waals surface area contributed by atoms with Crippen LogP contribution in [-0.4, -0.2) is 49.7 Å². The van der Waals surface area contributed by atoms with Gasteiger partial charge >= 0.3 is 0 Å². The molecule has 1 aromatic heterocycles. The van der Waals surface area contributed by atoms with Gasteiger partial charge in [0.25, 0.3) is 0 Å². The Balaban J connectivity index is 1.84. The Bertz CT molecular complexity index is 446. The molecule has 0 aromatic carbocycles. The van der Waals surface area contributed by atoms with Gasteiger partial charge in [0.2, 0.25) is 0 Å². The van der Waals surface area contributed by atoms with Gasteiger partial charge in [-0.15, -0.1) is 11.3 Å². The number of aryl methyl sites for hydroxylation is 1. The Hall–Kier alpha value is -1.14. The van der Waals surface area contributed by atoms with Gasteiger partial charge in [-0.1, -0.05) is 6.92 Å². The number of ether oxygens (including phenoxy) is 1. The molecule has 2 heterocycles. The fourth-order valence-electron chi connectivity index (χ4n) is 2.49. The number of likely N-dealkylation sites (tertiary alicyclic amines) is 1. The van der Waals surface area contributed by atoms with Crippen LogP contribution in [0.25, 0.3) is 0 Å². The quantitative estimate of drug-likeness (QED) is 0.664. The van der Waals surface area contributed by atoms with E-state index in [2.05, 4.69) is 32.5 Å². The van der Waals surface area contributed by atoms with Gasteiger partial charge in [-0.05, 0) is 12.8 Å². The molecule has 1 atom stereocenters. The first-order valence-corrected chi connectivity index (χ1v) is 8.02. The van der Waals surface area contributed by atoms with Crippen molar-refractivity contribution >= 4 is 17.3 Å². The van der Waals surface area contributed by atoms with Crippen molar-refractivity contribution < 1.29 is 4.74 Å². The second-order valence-electron chi connectivity index (χ2n) is 5.04. The lowest BCUT2D eigenvalue weighted by molar-refractivity contribution is 0.157. The number of hydrogen-bond donors (Lipinski definition) is 1. The van der Waals surface area contributed by atoms with Crippen LogP contribution in [0.3, 0.4) is 0 Å². The highest BCUT2D eigenvalue weighted by molar-refractivity contribution is 7.09. The molecule has 0 bridgehead atoms. The van der Waals surface area contributed by atoms with Crippen molar-refractivity contribution in [3.63, 3.8) is 0 Å². The largest absolute Gasteiger partial charge is 0.384 e. The first kappa shape index (κ1) is 15.3. The van der Waals surface area contributed by atoms with Crippen LogP contribution in [0.1, 0.15) is 24.0 Å². The molecule has 0 saturated carbocycles. The van der Waals surface area contributed by atoms with Gasteiger partial charge < -0.3 is 15.0 Å². The zero-order valence-electron chi connectivity index (χ0n) is 12.6. The van der Waals surface area contributed by atoms with E-state index in [1.54, 1.807) is 18.4 Å². The molecule has 0 amide bonds. The molecule has 6 heteroatoms. The summed E-state index contributed by atoms with van der Waals surface area (Å²) in [5, 5.41) is 6.72. The van der Waals surface area contributed by atoms with E-state index >= 15 is 0 Å². The first-order valence-electron chi connectivity index (χ1n) is 7.14. The molecule has 20 heavy (non-hydrogen) atoms. The van der Waals surface area contributed by atoms with E-state index in [0.717, 1.165) is 44.3 Å². The van der Waals surface area contributed by atoms with Gasteiger partial charge in [0.05, 0.1) is 23.9 Å². The normalized spacial score (nSPS) is 19.6.